The predicted molar refractivity (Wildman–Crippen MR) is 57.3 cm³/mol. The fourth-order valence-corrected chi connectivity index (χ4v) is 1.15. The number of hydrogen-bond donors (Lipinski definition) is 1. The number of ether oxygens (including phenoxy) is 1. The van der Waals surface area contributed by atoms with Crippen molar-refractivity contribution in [2.75, 3.05) is 33.8 Å². The average Bonchev–Trinajstić information content (AvgIpc) is 2.12. The van der Waals surface area contributed by atoms with E-state index < -0.39 is 0 Å². The highest BCUT2D eigenvalue weighted by molar-refractivity contribution is 5.76. The molecule has 0 aromatic heterocycles. The van der Waals surface area contributed by atoms with Crippen LogP contribution in [0.1, 0.15) is 20.3 Å². The van der Waals surface area contributed by atoms with Crippen LogP contribution >= 0.6 is 0 Å². The highest BCUT2D eigenvalue weighted by atomic mass is 16.5. The quantitative estimate of drug-likeness (QED) is 0.610. The first-order valence-electron chi connectivity index (χ1n) is 5.16. The Morgan fingerprint density at radius 2 is 2.07 bits per heavy atom. The minimum absolute atomic E-state index is 0.158. The smallest absolute Gasteiger partial charge is 0.324 e. The van der Waals surface area contributed by atoms with Crippen LogP contribution in [-0.4, -0.2) is 50.7 Å². The lowest BCUT2D eigenvalue weighted by molar-refractivity contribution is -0.146. The van der Waals surface area contributed by atoms with Crippen LogP contribution in [0.25, 0.3) is 0 Å². The van der Waals surface area contributed by atoms with Crippen molar-refractivity contribution in [2.45, 2.75) is 26.3 Å². The Balaban J connectivity index is 4.01. The summed E-state index contributed by atoms with van der Waals surface area (Å²) in [6, 6.07) is -0.204. The second-order valence-corrected chi connectivity index (χ2v) is 3.52. The van der Waals surface area contributed by atoms with Gasteiger partial charge in [0.05, 0.1) is 6.61 Å². The lowest BCUT2D eigenvalue weighted by Gasteiger charge is -2.20. The summed E-state index contributed by atoms with van der Waals surface area (Å²) < 4.78 is 4.97. The predicted octanol–water partition coefficient (Wildman–Crippen LogP) is 0.479. The zero-order valence-corrected chi connectivity index (χ0v) is 9.67. The molecule has 4 nitrogen and oxygen atoms in total. The first-order chi connectivity index (χ1) is 6.61. The van der Waals surface area contributed by atoms with Crippen molar-refractivity contribution < 1.29 is 9.53 Å². The van der Waals surface area contributed by atoms with Gasteiger partial charge in [0.1, 0.15) is 6.04 Å². The van der Waals surface area contributed by atoms with E-state index in [-0.39, 0.29) is 12.0 Å². The maximum atomic E-state index is 11.5. The summed E-state index contributed by atoms with van der Waals surface area (Å²) in [5, 5.41) is 3.17. The Morgan fingerprint density at radius 1 is 1.43 bits per heavy atom. The Hall–Kier alpha value is -0.610. The van der Waals surface area contributed by atoms with Gasteiger partial charge in [-0.05, 0) is 34.0 Å². The third kappa shape index (κ3) is 5.94. The van der Waals surface area contributed by atoms with Gasteiger partial charge in [-0.3, -0.25) is 4.79 Å². The second kappa shape index (κ2) is 7.76. The Labute approximate surface area is 86.6 Å². The van der Waals surface area contributed by atoms with Crippen LogP contribution in [0.2, 0.25) is 0 Å². The number of nitrogens with one attached hydrogen (secondary N) is 1. The molecule has 0 saturated heterocycles. The summed E-state index contributed by atoms with van der Waals surface area (Å²) in [6.07, 6.45) is 1.02. The van der Waals surface area contributed by atoms with Crippen LogP contribution in [0.3, 0.4) is 0 Å². The molecule has 1 atom stereocenters. The number of nitrogens with zero attached hydrogens (tertiary/aromatic N) is 1. The minimum atomic E-state index is -0.204. The van der Waals surface area contributed by atoms with Gasteiger partial charge in [-0.2, -0.15) is 0 Å². The van der Waals surface area contributed by atoms with Crippen molar-refractivity contribution >= 4 is 5.97 Å². The lowest BCUT2D eigenvalue weighted by Crippen LogP contribution is -2.45. The molecule has 0 heterocycles. The van der Waals surface area contributed by atoms with E-state index in [1.54, 1.807) is 0 Å². The Kier molecular flexibility index (Phi) is 7.42. The maximum Gasteiger partial charge on any atom is 0.324 e. The molecule has 0 rings (SSSR count). The summed E-state index contributed by atoms with van der Waals surface area (Å²) in [5.41, 5.74) is 0. The average molecular weight is 202 g/mol. The van der Waals surface area contributed by atoms with Crippen molar-refractivity contribution in [2.24, 2.45) is 0 Å². The summed E-state index contributed by atoms with van der Waals surface area (Å²) in [4.78, 5) is 13.4. The van der Waals surface area contributed by atoms with E-state index in [0.717, 1.165) is 13.0 Å². The molecule has 0 bridgehead atoms. The van der Waals surface area contributed by atoms with Crippen LogP contribution < -0.4 is 5.32 Å². The van der Waals surface area contributed by atoms with Crippen LogP contribution in [0.4, 0.5) is 0 Å². The molecule has 1 unspecified atom stereocenters. The largest absolute Gasteiger partial charge is 0.465 e. The number of carbonyl (C=O) groups is 1. The van der Waals surface area contributed by atoms with Crippen LogP contribution in [0.15, 0.2) is 0 Å². The first-order valence-corrected chi connectivity index (χ1v) is 5.16. The number of rotatable bonds is 7. The Bertz CT molecular complexity index is 160. The summed E-state index contributed by atoms with van der Waals surface area (Å²) in [6.45, 7) is 5.86. The molecular weight excluding hydrogens is 180 g/mol. The van der Waals surface area contributed by atoms with E-state index in [1.165, 1.54) is 0 Å². The van der Waals surface area contributed by atoms with Gasteiger partial charge in [0.15, 0.2) is 0 Å². The fourth-order valence-electron chi connectivity index (χ4n) is 1.15. The standard InChI is InChI=1S/C10H22N2O2/c1-5-7-11-9(8-12(3)4)10(13)14-6-2/h9,11H,5-8H2,1-4H3. The SMILES string of the molecule is CCCNC(CN(C)C)C(=O)OCC. The molecule has 84 valence electrons. The number of esters is 1. The number of likely N-dealkylation sites (N-methyl/N-ethyl adjacent to an activating group) is 1. The zero-order valence-electron chi connectivity index (χ0n) is 9.67. The Morgan fingerprint density at radius 3 is 2.50 bits per heavy atom. The summed E-state index contributed by atoms with van der Waals surface area (Å²) >= 11 is 0. The molecule has 0 radical (unpaired) electrons. The van der Waals surface area contributed by atoms with Gasteiger partial charge in [0.2, 0.25) is 0 Å². The van der Waals surface area contributed by atoms with E-state index in [9.17, 15) is 4.79 Å². The molecule has 0 spiro atoms. The summed E-state index contributed by atoms with van der Waals surface area (Å²) in [5.74, 6) is -0.158. The molecule has 0 fully saturated rings. The van der Waals surface area contributed by atoms with E-state index >= 15 is 0 Å². The summed E-state index contributed by atoms with van der Waals surface area (Å²) in [7, 11) is 3.89. The van der Waals surface area contributed by atoms with Crippen LogP contribution in [0.5, 0.6) is 0 Å². The van der Waals surface area contributed by atoms with Crippen molar-refractivity contribution in [3.8, 4) is 0 Å². The molecule has 0 aliphatic heterocycles. The van der Waals surface area contributed by atoms with E-state index in [1.807, 2.05) is 25.9 Å². The molecule has 0 aromatic carbocycles. The molecular formula is C10H22N2O2. The van der Waals surface area contributed by atoms with Crippen LogP contribution in [-0.2, 0) is 9.53 Å². The normalized spacial score (nSPS) is 12.9. The molecule has 0 amide bonds. The van der Waals surface area contributed by atoms with E-state index in [2.05, 4.69) is 12.2 Å². The monoisotopic (exact) mass is 202 g/mol. The highest BCUT2D eigenvalue weighted by Crippen LogP contribution is 1.92. The van der Waals surface area contributed by atoms with E-state index in [0.29, 0.717) is 13.2 Å². The minimum Gasteiger partial charge on any atom is -0.465 e. The van der Waals surface area contributed by atoms with Gasteiger partial charge in [-0.15, -0.1) is 0 Å². The van der Waals surface area contributed by atoms with Crippen molar-refractivity contribution in [1.29, 1.82) is 0 Å². The van der Waals surface area contributed by atoms with Gasteiger partial charge in [0, 0.05) is 6.54 Å². The van der Waals surface area contributed by atoms with Gasteiger partial charge >= 0.3 is 5.97 Å². The van der Waals surface area contributed by atoms with Gasteiger partial charge in [0.25, 0.3) is 0 Å². The van der Waals surface area contributed by atoms with Gasteiger partial charge in [-0.25, -0.2) is 0 Å². The molecule has 0 aliphatic rings. The topological polar surface area (TPSA) is 41.6 Å². The van der Waals surface area contributed by atoms with Crippen molar-refractivity contribution in [3.63, 3.8) is 0 Å². The third-order valence-electron chi connectivity index (χ3n) is 1.76. The molecule has 0 aromatic rings. The number of carbonyl (C=O) groups excluding carboxylic acids is 1. The van der Waals surface area contributed by atoms with Crippen molar-refractivity contribution in [1.82, 2.24) is 10.2 Å². The van der Waals surface area contributed by atoms with E-state index in [4.69, 9.17) is 4.74 Å². The molecule has 14 heavy (non-hydrogen) atoms. The molecule has 1 N–H and O–H groups in total. The third-order valence-corrected chi connectivity index (χ3v) is 1.76. The molecule has 0 aliphatic carbocycles. The second-order valence-electron chi connectivity index (χ2n) is 3.52. The van der Waals surface area contributed by atoms with Gasteiger partial charge in [-0.1, -0.05) is 6.92 Å². The molecule has 0 saturated carbocycles. The van der Waals surface area contributed by atoms with Gasteiger partial charge < -0.3 is 15.0 Å². The fraction of sp³-hybridized carbons (Fsp3) is 0.900. The number of hydrogen-bond acceptors (Lipinski definition) is 4. The zero-order chi connectivity index (χ0) is 11.0. The lowest BCUT2D eigenvalue weighted by atomic mass is 10.2. The maximum absolute atomic E-state index is 11.5. The van der Waals surface area contributed by atoms with Crippen LogP contribution in [0, 0.1) is 0 Å². The van der Waals surface area contributed by atoms with Crippen molar-refractivity contribution in [3.05, 3.63) is 0 Å². The highest BCUT2D eigenvalue weighted by Gasteiger charge is 2.18. The molecule has 4 heteroatoms. The first kappa shape index (κ1) is 13.4.